The van der Waals surface area contributed by atoms with Crippen molar-refractivity contribution in [2.75, 3.05) is 18.4 Å². The Morgan fingerprint density at radius 2 is 1.89 bits per heavy atom. The van der Waals surface area contributed by atoms with E-state index in [0.717, 1.165) is 64.5 Å². The van der Waals surface area contributed by atoms with Crippen LogP contribution in [0, 0.1) is 0 Å². The van der Waals surface area contributed by atoms with E-state index in [2.05, 4.69) is 31.6 Å². The van der Waals surface area contributed by atoms with Crippen LogP contribution in [0.25, 0.3) is 31.9 Å². The lowest BCUT2D eigenvalue weighted by Crippen LogP contribution is -2.43. The Morgan fingerprint density at radius 1 is 1.05 bits per heavy atom. The molecule has 4 aromatic heterocycles. The molecule has 0 atom stereocenters. The monoisotopic (exact) mass is 626 g/mol. The Kier molecular flexibility index (Phi) is 7.73. The van der Waals surface area contributed by atoms with Gasteiger partial charge >= 0.3 is 6.09 Å². The lowest BCUT2D eigenvalue weighted by molar-refractivity contribution is 0.165. The van der Waals surface area contributed by atoms with Crippen LogP contribution in [-0.4, -0.2) is 50.2 Å². The number of carboxylic acid groups (broad SMARTS) is 1. The van der Waals surface area contributed by atoms with Gasteiger partial charge in [-0.2, -0.15) is 4.98 Å². The zero-order chi connectivity index (χ0) is 30.0. The first-order valence-corrected chi connectivity index (χ1v) is 15.3. The summed E-state index contributed by atoms with van der Waals surface area (Å²) < 4.78 is 13.1. The minimum Gasteiger partial charge on any atom is -0.465 e. The van der Waals surface area contributed by atoms with E-state index in [4.69, 9.17) is 30.8 Å². The molecule has 0 saturated carbocycles. The molecule has 0 bridgehead atoms. The van der Waals surface area contributed by atoms with E-state index in [1.165, 1.54) is 0 Å². The number of halogens is 1. The summed E-state index contributed by atoms with van der Waals surface area (Å²) in [6, 6.07) is 21.3. The van der Waals surface area contributed by atoms with Crippen LogP contribution in [0.1, 0.15) is 18.4 Å². The summed E-state index contributed by atoms with van der Waals surface area (Å²) in [6.07, 6.45) is 4.32. The zero-order valence-corrected chi connectivity index (χ0v) is 24.9. The van der Waals surface area contributed by atoms with Gasteiger partial charge in [0.2, 0.25) is 0 Å². The van der Waals surface area contributed by atoms with Crippen LogP contribution in [0.15, 0.2) is 83.5 Å². The quantitative estimate of drug-likeness (QED) is 0.154. The fourth-order valence-corrected chi connectivity index (χ4v) is 6.43. The largest absolute Gasteiger partial charge is 0.465 e. The van der Waals surface area contributed by atoms with Crippen LogP contribution in [0.5, 0.6) is 11.5 Å². The Hall–Kier alpha value is -4.71. The second-order valence-corrected chi connectivity index (χ2v) is 12.1. The lowest BCUT2D eigenvalue weighted by Gasteiger charge is -2.31. The number of likely N-dealkylation sites (tertiary alicyclic amines) is 1. The molecule has 1 saturated heterocycles. The van der Waals surface area contributed by atoms with Gasteiger partial charge in [-0.25, -0.2) is 4.79 Å². The number of nitrogens with zero attached hydrogens (tertiary/aromatic N) is 4. The van der Waals surface area contributed by atoms with Gasteiger partial charge in [-0.15, -0.1) is 11.3 Å². The lowest BCUT2D eigenvalue weighted by atomic mass is 10.0. The van der Waals surface area contributed by atoms with Crippen LogP contribution < -0.4 is 15.4 Å². The van der Waals surface area contributed by atoms with E-state index in [-0.39, 0.29) is 6.04 Å². The first-order valence-electron chi connectivity index (χ1n) is 14.1. The van der Waals surface area contributed by atoms with Crippen LogP contribution >= 0.6 is 22.9 Å². The van der Waals surface area contributed by atoms with E-state index in [0.29, 0.717) is 33.6 Å². The summed E-state index contributed by atoms with van der Waals surface area (Å²) in [5, 5.41) is 15.3. The highest BCUT2D eigenvalue weighted by Gasteiger charge is 2.21. The second kappa shape index (κ2) is 12.1. The summed E-state index contributed by atoms with van der Waals surface area (Å²) in [4.78, 5) is 28.1. The molecule has 0 spiro atoms. The van der Waals surface area contributed by atoms with Crippen LogP contribution in [0.3, 0.4) is 0 Å². The van der Waals surface area contributed by atoms with Crippen LogP contribution in [0.2, 0.25) is 5.02 Å². The molecule has 1 fully saturated rings. The molecule has 10 nitrogen and oxygen atoms in total. The van der Waals surface area contributed by atoms with Gasteiger partial charge in [-0.3, -0.25) is 14.9 Å². The normalized spacial score (nSPS) is 14.2. The number of amides is 1. The van der Waals surface area contributed by atoms with Gasteiger partial charge in [0, 0.05) is 60.9 Å². The molecule has 0 unspecified atom stereocenters. The van der Waals surface area contributed by atoms with Crippen LogP contribution in [-0.2, 0) is 6.54 Å². The molecule has 2 aromatic carbocycles. The van der Waals surface area contributed by atoms with Crippen molar-refractivity contribution < 1.29 is 19.1 Å². The van der Waals surface area contributed by atoms with Gasteiger partial charge in [0.25, 0.3) is 6.01 Å². The summed E-state index contributed by atoms with van der Waals surface area (Å²) in [6.45, 7) is 2.48. The fourth-order valence-electron chi connectivity index (χ4n) is 5.26. The van der Waals surface area contributed by atoms with Crippen LogP contribution in [0.4, 0.5) is 16.5 Å². The van der Waals surface area contributed by atoms with Gasteiger partial charge in [-0.05, 0) is 66.9 Å². The van der Waals surface area contributed by atoms with Crippen molar-refractivity contribution in [2.45, 2.75) is 25.4 Å². The minimum absolute atomic E-state index is 0.0285. The van der Waals surface area contributed by atoms with Crippen molar-refractivity contribution >= 4 is 62.0 Å². The van der Waals surface area contributed by atoms with Gasteiger partial charge in [0.1, 0.15) is 17.0 Å². The number of oxazole rings is 1. The smallest absolute Gasteiger partial charge is 0.404 e. The van der Waals surface area contributed by atoms with Crippen molar-refractivity contribution in [3.8, 4) is 22.1 Å². The molecule has 1 amide bonds. The topological polar surface area (TPSA) is 126 Å². The van der Waals surface area contributed by atoms with Crippen molar-refractivity contribution in [3.63, 3.8) is 0 Å². The Bertz CT molecular complexity index is 1940. The van der Waals surface area contributed by atoms with E-state index >= 15 is 0 Å². The number of hydrogen-bond donors (Lipinski definition) is 3. The molecule has 44 heavy (non-hydrogen) atoms. The zero-order valence-electron chi connectivity index (χ0n) is 23.4. The minimum atomic E-state index is -0.954. The molecule has 6 aromatic rings. The molecule has 1 aliphatic rings. The highest BCUT2D eigenvalue weighted by Crippen LogP contribution is 2.39. The summed E-state index contributed by atoms with van der Waals surface area (Å²) in [7, 11) is 0. The van der Waals surface area contributed by atoms with Crippen molar-refractivity contribution in [3.05, 3.63) is 89.7 Å². The molecular formula is C32H27ClN6O4S. The molecule has 1 aliphatic heterocycles. The number of carbonyl (C=O) groups is 1. The first kappa shape index (κ1) is 28.1. The number of anilines is 2. The number of piperidine rings is 1. The maximum absolute atomic E-state index is 10.9. The molecule has 5 heterocycles. The number of rotatable bonds is 8. The van der Waals surface area contributed by atoms with Gasteiger partial charge in [-0.1, -0.05) is 17.7 Å². The number of benzene rings is 2. The van der Waals surface area contributed by atoms with Crippen molar-refractivity contribution in [1.29, 1.82) is 0 Å². The third kappa shape index (κ3) is 6.30. The van der Waals surface area contributed by atoms with Gasteiger partial charge < -0.3 is 24.9 Å². The van der Waals surface area contributed by atoms with Gasteiger partial charge in [0.15, 0.2) is 5.58 Å². The number of thiophene rings is 1. The fraction of sp³-hybridized carbons (Fsp3) is 0.188. The van der Waals surface area contributed by atoms with E-state index in [9.17, 15) is 4.79 Å². The van der Waals surface area contributed by atoms with Gasteiger partial charge in [0.05, 0.1) is 20.8 Å². The SMILES string of the molecule is O=C(O)NC1CCN(Cc2ccc(-c3cc4nccc(Oc5ccc6oc(Nc7ccc(Cl)cc7)nc6c5)c4s3)nc2)CC1. The van der Waals surface area contributed by atoms with Crippen molar-refractivity contribution in [2.24, 2.45) is 0 Å². The number of pyridine rings is 2. The molecule has 3 N–H and O–H groups in total. The Morgan fingerprint density at radius 3 is 2.66 bits per heavy atom. The predicted octanol–water partition coefficient (Wildman–Crippen LogP) is 7.92. The van der Waals surface area contributed by atoms with E-state index < -0.39 is 6.09 Å². The predicted molar refractivity (Wildman–Crippen MR) is 171 cm³/mol. The Balaban J connectivity index is 1.04. The number of ether oxygens (including phenoxy) is 1. The molecule has 12 heteroatoms. The number of hydrogen-bond acceptors (Lipinski definition) is 9. The number of nitrogens with one attached hydrogen (secondary N) is 2. The number of fused-ring (bicyclic) bond motifs is 2. The Labute approximate surface area is 261 Å². The molecular weight excluding hydrogens is 600 g/mol. The summed E-state index contributed by atoms with van der Waals surface area (Å²) in [5.41, 5.74) is 4.96. The van der Waals surface area contributed by atoms with E-state index in [1.807, 2.05) is 54.7 Å². The second-order valence-electron chi connectivity index (χ2n) is 10.6. The molecule has 7 rings (SSSR count). The number of aromatic nitrogens is 3. The van der Waals surface area contributed by atoms with E-state index in [1.54, 1.807) is 29.7 Å². The third-order valence-corrected chi connectivity index (χ3v) is 8.87. The highest BCUT2D eigenvalue weighted by atomic mass is 35.5. The molecule has 0 radical (unpaired) electrons. The third-order valence-electron chi connectivity index (χ3n) is 7.46. The molecule has 222 valence electrons. The maximum Gasteiger partial charge on any atom is 0.404 e. The average molecular weight is 627 g/mol. The summed E-state index contributed by atoms with van der Waals surface area (Å²) >= 11 is 7.56. The maximum atomic E-state index is 10.9. The van der Waals surface area contributed by atoms with Crippen molar-refractivity contribution in [1.82, 2.24) is 25.2 Å². The average Bonchev–Trinajstić information content (AvgIpc) is 3.64. The summed E-state index contributed by atoms with van der Waals surface area (Å²) in [5.74, 6) is 1.34. The molecule has 0 aliphatic carbocycles. The first-order chi connectivity index (χ1) is 21.4. The highest BCUT2D eigenvalue weighted by molar-refractivity contribution is 7.22. The standard InChI is InChI=1S/C32H27ClN6O4S/c33-20-2-4-21(5-3-20)36-31-38-25-15-23(6-8-27(25)43-31)42-28-9-12-34-26-16-29(44-30(26)28)24-7-1-19(17-35-24)18-39-13-10-22(11-14-39)37-32(40)41/h1-9,12,15-17,22,37H,10-11,13-14,18H2,(H,36,38)(H,40,41).